The van der Waals surface area contributed by atoms with Crippen LogP contribution in [0.3, 0.4) is 0 Å². The largest absolute Gasteiger partial charge is 0.465 e. The zero-order valence-corrected chi connectivity index (χ0v) is 16.3. The molecular formula is C17H27N3O2S2. The van der Waals surface area contributed by atoms with Crippen LogP contribution in [0.4, 0.5) is 16.2 Å². The van der Waals surface area contributed by atoms with Crippen molar-refractivity contribution in [2.45, 2.75) is 24.6 Å². The van der Waals surface area contributed by atoms with Crippen LogP contribution in [0.25, 0.3) is 0 Å². The molecule has 0 aliphatic carbocycles. The lowest BCUT2D eigenvalue weighted by atomic mass is 9.97. The summed E-state index contributed by atoms with van der Waals surface area (Å²) in [4.78, 5) is 17.9. The molecule has 1 fully saturated rings. The third kappa shape index (κ3) is 4.13. The van der Waals surface area contributed by atoms with E-state index in [0.29, 0.717) is 11.4 Å². The first-order chi connectivity index (χ1) is 11.3. The van der Waals surface area contributed by atoms with Gasteiger partial charge in [0.25, 0.3) is 0 Å². The van der Waals surface area contributed by atoms with Crippen molar-refractivity contribution in [1.29, 1.82) is 0 Å². The second-order valence-corrected chi connectivity index (χ2v) is 7.77. The van der Waals surface area contributed by atoms with Gasteiger partial charge in [-0.1, -0.05) is 0 Å². The van der Waals surface area contributed by atoms with Crippen LogP contribution in [-0.2, 0) is 0 Å². The molecule has 1 aromatic rings. The van der Waals surface area contributed by atoms with Gasteiger partial charge in [0.2, 0.25) is 0 Å². The van der Waals surface area contributed by atoms with Crippen molar-refractivity contribution in [3.05, 3.63) is 24.3 Å². The lowest BCUT2D eigenvalue weighted by molar-refractivity contribution is 0.194. The molecule has 1 N–H and O–H groups in total. The fraction of sp³-hybridized carbons (Fsp3) is 0.588. The highest BCUT2D eigenvalue weighted by Gasteiger charge is 2.37. The first-order valence-electron chi connectivity index (χ1n) is 8.13. The summed E-state index contributed by atoms with van der Waals surface area (Å²) >= 11 is 8.78. The maximum absolute atomic E-state index is 11.8. The van der Waals surface area contributed by atoms with Crippen LogP contribution in [0.2, 0.25) is 0 Å². The summed E-state index contributed by atoms with van der Waals surface area (Å²) in [6.45, 7) is 7.82. The van der Waals surface area contributed by atoms with Gasteiger partial charge in [0.1, 0.15) is 0 Å². The highest BCUT2D eigenvalue weighted by atomic mass is 32.1. The fourth-order valence-electron chi connectivity index (χ4n) is 2.94. The standard InChI is InChI=1S/C17H27N3O2S2/c1-17(2,15(24)12-23)20(16(21)22)14-6-4-13(5-7-14)19-10-8-18(3)9-11-19/h4-7,15,23-24H,8-12H2,1-3H3,(H,21,22). The van der Waals surface area contributed by atoms with E-state index in [1.54, 1.807) is 0 Å². The average molecular weight is 370 g/mol. The molecule has 0 aromatic heterocycles. The van der Waals surface area contributed by atoms with Crippen molar-refractivity contribution >= 4 is 42.7 Å². The molecule has 0 radical (unpaired) electrons. The second kappa shape index (κ2) is 7.89. The van der Waals surface area contributed by atoms with E-state index in [1.165, 1.54) is 4.90 Å². The number of anilines is 2. The summed E-state index contributed by atoms with van der Waals surface area (Å²) in [6, 6.07) is 7.76. The number of hydrogen-bond donors (Lipinski definition) is 3. The van der Waals surface area contributed by atoms with Crippen molar-refractivity contribution < 1.29 is 9.90 Å². The number of thiol groups is 2. The van der Waals surface area contributed by atoms with E-state index in [-0.39, 0.29) is 5.25 Å². The third-order valence-electron chi connectivity index (χ3n) is 4.73. The molecule has 1 heterocycles. The van der Waals surface area contributed by atoms with Gasteiger partial charge in [0.15, 0.2) is 0 Å². The molecule has 5 nitrogen and oxygen atoms in total. The van der Waals surface area contributed by atoms with Gasteiger partial charge in [-0.3, -0.25) is 4.90 Å². The Morgan fingerprint density at radius 2 is 1.79 bits per heavy atom. The van der Waals surface area contributed by atoms with E-state index in [4.69, 9.17) is 0 Å². The number of amides is 1. The summed E-state index contributed by atoms with van der Waals surface area (Å²) in [6.07, 6.45) is -0.979. The first-order valence-corrected chi connectivity index (χ1v) is 9.28. The van der Waals surface area contributed by atoms with Gasteiger partial charge in [-0.15, -0.1) is 0 Å². The molecule has 1 saturated heterocycles. The molecule has 2 rings (SSSR count). The van der Waals surface area contributed by atoms with Crippen LogP contribution in [0.15, 0.2) is 24.3 Å². The minimum atomic E-state index is -0.979. The summed E-state index contributed by atoms with van der Waals surface area (Å²) < 4.78 is 0. The molecule has 1 aromatic carbocycles. The average Bonchev–Trinajstić information content (AvgIpc) is 2.55. The molecule has 0 saturated carbocycles. The molecule has 24 heavy (non-hydrogen) atoms. The van der Waals surface area contributed by atoms with Crippen LogP contribution < -0.4 is 9.80 Å². The molecule has 1 atom stereocenters. The summed E-state index contributed by atoms with van der Waals surface area (Å²) in [5.41, 5.74) is 1.13. The quantitative estimate of drug-likeness (QED) is 0.699. The highest BCUT2D eigenvalue weighted by Crippen LogP contribution is 2.31. The number of nitrogens with zero attached hydrogens (tertiary/aromatic N) is 3. The van der Waals surface area contributed by atoms with Gasteiger partial charge in [-0.25, -0.2) is 4.79 Å². The molecule has 0 bridgehead atoms. The van der Waals surface area contributed by atoms with Gasteiger partial charge in [0.05, 0.1) is 5.54 Å². The number of carboxylic acid groups (broad SMARTS) is 1. The zero-order chi connectivity index (χ0) is 17.9. The summed E-state index contributed by atoms with van der Waals surface area (Å²) in [5.74, 6) is 0.499. The van der Waals surface area contributed by atoms with E-state index in [1.807, 2.05) is 38.1 Å². The maximum atomic E-state index is 11.8. The van der Waals surface area contributed by atoms with Crippen molar-refractivity contribution in [3.63, 3.8) is 0 Å². The molecule has 1 amide bonds. The Labute approximate surface area is 155 Å². The van der Waals surface area contributed by atoms with E-state index in [9.17, 15) is 9.90 Å². The topological polar surface area (TPSA) is 47.0 Å². The SMILES string of the molecule is CN1CCN(c2ccc(N(C(=O)O)C(C)(C)C(S)CS)cc2)CC1. The molecule has 1 aliphatic heterocycles. The molecular weight excluding hydrogens is 342 g/mol. The molecule has 0 spiro atoms. The van der Waals surface area contributed by atoms with Crippen LogP contribution >= 0.6 is 25.3 Å². The minimum Gasteiger partial charge on any atom is -0.465 e. The number of benzene rings is 1. The first kappa shape index (κ1) is 19.3. The van der Waals surface area contributed by atoms with E-state index < -0.39 is 11.6 Å². The van der Waals surface area contributed by atoms with Crippen molar-refractivity contribution in [3.8, 4) is 0 Å². The van der Waals surface area contributed by atoms with E-state index in [2.05, 4.69) is 42.1 Å². The lowest BCUT2D eigenvalue weighted by Crippen LogP contribution is -2.54. The van der Waals surface area contributed by atoms with Crippen LogP contribution in [0.5, 0.6) is 0 Å². The number of piperazine rings is 1. The number of rotatable bonds is 5. The fourth-order valence-corrected chi connectivity index (χ4v) is 3.50. The summed E-state index contributed by atoms with van der Waals surface area (Å²) in [7, 11) is 2.13. The Hall–Kier alpha value is -1.05. The van der Waals surface area contributed by atoms with Crippen LogP contribution in [0.1, 0.15) is 13.8 Å². The smallest absolute Gasteiger partial charge is 0.412 e. The molecule has 7 heteroatoms. The number of likely N-dealkylation sites (N-methyl/N-ethyl adjacent to an activating group) is 1. The Bertz CT molecular complexity index is 557. The monoisotopic (exact) mass is 369 g/mol. The normalized spacial score (nSPS) is 17.6. The Morgan fingerprint density at radius 1 is 1.25 bits per heavy atom. The van der Waals surface area contributed by atoms with E-state index >= 15 is 0 Å². The zero-order valence-electron chi connectivity index (χ0n) is 14.5. The van der Waals surface area contributed by atoms with Crippen molar-refractivity contribution in [2.24, 2.45) is 0 Å². The second-order valence-electron chi connectivity index (χ2n) is 6.78. The van der Waals surface area contributed by atoms with Gasteiger partial charge < -0.3 is 14.9 Å². The van der Waals surface area contributed by atoms with Gasteiger partial charge in [-0.05, 0) is 45.2 Å². The predicted molar refractivity (Wildman–Crippen MR) is 107 cm³/mol. The van der Waals surface area contributed by atoms with Gasteiger partial charge in [-0.2, -0.15) is 25.3 Å². The van der Waals surface area contributed by atoms with Crippen molar-refractivity contribution in [2.75, 3.05) is 48.8 Å². The van der Waals surface area contributed by atoms with E-state index in [0.717, 1.165) is 31.9 Å². The number of hydrogen-bond acceptors (Lipinski definition) is 5. The Morgan fingerprint density at radius 3 is 2.25 bits per heavy atom. The van der Waals surface area contributed by atoms with Gasteiger partial charge >= 0.3 is 6.09 Å². The molecule has 1 aliphatic rings. The van der Waals surface area contributed by atoms with Crippen LogP contribution in [0, 0.1) is 0 Å². The third-order valence-corrected chi connectivity index (χ3v) is 6.20. The predicted octanol–water partition coefficient (Wildman–Crippen LogP) is 2.93. The Balaban J connectivity index is 2.22. The minimum absolute atomic E-state index is 0.172. The maximum Gasteiger partial charge on any atom is 0.412 e. The highest BCUT2D eigenvalue weighted by molar-refractivity contribution is 7.84. The number of carbonyl (C=O) groups is 1. The van der Waals surface area contributed by atoms with Crippen LogP contribution in [-0.4, -0.2) is 65.9 Å². The van der Waals surface area contributed by atoms with Crippen molar-refractivity contribution in [1.82, 2.24) is 4.90 Å². The molecule has 1 unspecified atom stereocenters. The summed E-state index contributed by atoms with van der Waals surface area (Å²) in [5, 5.41) is 9.53. The Kier molecular flexibility index (Phi) is 6.33. The van der Waals surface area contributed by atoms with Gasteiger partial charge in [0, 0.05) is 48.6 Å². The molecule has 134 valence electrons. The lowest BCUT2D eigenvalue weighted by Gasteiger charge is -2.40.